The van der Waals surface area contributed by atoms with E-state index in [-0.39, 0.29) is 0 Å². The monoisotopic (exact) mass is 269 g/mol. The maximum atomic E-state index is 6.06. The van der Waals surface area contributed by atoms with Crippen LogP contribution in [0.3, 0.4) is 0 Å². The number of halogens is 1. The summed E-state index contributed by atoms with van der Waals surface area (Å²) >= 11 is 6.06. The van der Waals surface area contributed by atoms with Gasteiger partial charge < -0.3 is 10.1 Å². The summed E-state index contributed by atoms with van der Waals surface area (Å²) in [5.74, 6) is 0.518. The zero-order valence-corrected chi connectivity index (χ0v) is 12.2. The minimum atomic E-state index is 0.518. The van der Waals surface area contributed by atoms with E-state index in [4.69, 9.17) is 16.3 Å². The van der Waals surface area contributed by atoms with Gasteiger partial charge in [0.1, 0.15) is 0 Å². The fourth-order valence-corrected chi connectivity index (χ4v) is 2.24. The number of benzene rings is 1. The Bertz CT molecular complexity index is 330. The predicted octanol–water partition coefficient (Wildman–Crippen LogP) is 3.85. The zero-order valence-electron chi connectivity index (χ0n) is 11.4. The molecule has 1 atom stereocenters. The molecule has 1 aromatic carbocycles. The lowest BCUT2D eigenvalue weighted by Crippen LogP contribution is -2.21. The van der Waals surface area contributed by atoms with Gasteiger partial charge in [-0.15, -0.1) is 0 Å². The topological polar surface area (TPSA) is 21.3 Å². The van der Waals surface area contributed by atoms with Crippen LogP contribution < -0.4 is 5.32 Å². The van der Waals surface area contributed by atoms with Crippen molar-refractivity contribution in [2.45, 2.75) is 32.6 Å². The molecule has 0 bridgehead atoms. The quantitative estimate of drug-likeness (QED) is 0.688. The first-order chi connectivity index (χ1) is 8.77. The Morgan fingerprint density at radius 1 is 1.33 bits per heavy atom. The van der Waals surface area contributed by atoms with E-state index in [1.807, 2.05) is 19.1 Å². The van der Waals surface area contributed by atoms with Gasteiger partial charge >= 0.3 is 0 Å². The Labute approximate surface area is 116 Å². The van der Waals surface area contributed by atoms with Gasteiger partial charge in [0.2, 0.25) is 0 Å². The van der Waals surface area contributed by atoms with Crippen LogP contribution in [0.15, 0.2) is 24.3 Å². The molecule has 0 aromatic heterocycles. The van der Waals surface area contributed by atoms with Crippen molar-refractivity contribution in [3.63, 3.8) is 0 Å². The SMILES string of the molecule is CCNCC(CCCOCC)c1cccc(Cl)c1. The molecule has 2 nitrogen and oxygen atoms in total. The molecule has 0 saturated heterocycles. The first-order valence-corrected chi connectivity index (χ1v) is 7.19. The summed E-state index contributed by atoms with van der Waals surface area (Å²) in [4.78, 5) is 0. The summed E-state index contributed by atoms with van der Waals surface area (Å²) in [7, 11) is 0. The van der Waals surface area contributed by atoms with Crippen LogP contribution in [0.5, 0.6) is 0 Å². The van der Waals surface area contributed by atoms with Crippen molar-refractivity contribution in [1.29, 1.82) is 0 Å². The lowest BCUT2D eigenvalue weighted by Gasteiger charge is -2.18. The van der Waals surface area contributed by atoms with Crippen LogP contribution in [0.25, 0.3) is 0 Å². The van der Waals surface area contributed by atoms with Gasteiger partial charge in [0.25, 0.3) is 0 Å². The van der Waals surface area contributed by atoms with Crippen molar-refractivity contribution in [2.24, 2.45) is 0 Å². The van der Waals surface area contributed by atoms with E-state index >= 15 is 0 Å². The summed E-state index contributed by atoms with van der Waals surface area (Å²) in [5.41, 5.74) is 1.32. The van der Waals surface area contributed by atoms with Crippen molar-refractivity contribution >= 4 is 11.6 Å². The summed E-state index contributed by atoms with van der Waals surface area (Å²) in [5, 5.41) is 4.24. The molecule has 0 fully saturated rings. The molecule has 0 saturated carbocycles. The first kappa shape index (κ1) is 15.5. The largest absolute Gasteiger partial charge is 0.382 e. The molecular formula is C15H24ClNO. The van der Waals surface area contributed by atoms with Crippen LogP contribution >= 0.6 is 11.6 Å². The summed E-state index contributed by atoms with van der Waals surface area (Å²) in [6.07, 6.45) is 2.23. The second kappa shape index (κ2) is 9.37. The Kier molecular flexibility index (Phi) is 8.06. The molecule has 0 aliphatic rings. The maximum absolute atomic E-state index is 6.06. The molecule has 0 aliphatic carbocycles. The highest BCUT2D eigenvalue weighted by Crippen LogP contribution is 2.23. The van der Waals surface area contributed by atoms with E-state index in [0.717, 1.165) is 44.2 Å². The second-order valence-electron chi connectivity index (χ2n) is 4.40. The number of ether oxygens (including phenoxy) is 1. The van der Waals surface area contributed by atoms with Crippen molar-refractivity contribution in [3.05, 3.63) is 34.9 Å². The summed E-state index contributed by atoms with van der Waals surface area (Å²) < 4.78 is 5.40. The van der Waals surface area contributed by atoms with Crippen molar-refractivity contribution in [1.82, 2.24) is 5.32 Å². The highest BCUT2D eigenvalue weighted by Gasteiger charge is 2.11. The van der Waals surface area contributed by atoms with Gasteiger partial charge in [-0.3, -0.25) is 0 Å². The van der Waals surface area contributed by atoms with Crippen LogP contribution in [0, 0.1) is 0 Å². The lowest BCUT2D eigenvalue weighted by molar-refractivity contribution is 0.141. The summed E-state index contributed by atoms with van der Waals surface area (Å²) in [6, 6.07) is 8.19. The van der Waals surface area contributed by atoms with Gasteiger partial charge in [-0.1, -0.05) is 30.7 Å². The second-order valence-corrected chi connectivity index (χ2v) is 4.84. The molecule has 3 heteroatoms. The predicted molar refractivity (Wildman–Crippen MR) is 78.5 cm³/mol. The van der Waals surface area contributed by atoms with E-state index in [2.05, 4.69) is 24.4 Å². The van der Waals surface area contributed by atoms with Crippen molar-refractivity contribution in [3.8, 4) is 0 Å². The normalized spacial score (nSPS) is 12.6. The van der Waals surface area contributed by atoms with Gasteiger partial charge in [0.05, 0.1) is 0 Å². The number of hydrogen-bond donors (Lipinski definition) is 1. The van der Waals surface area contributed by atoms with E-state index in [1.165, 1.54) is 5.56 Å². The lowest BCUT2D eigenvalue weighted by atomic mass is 9.94. The average molecular weight is 270 g/mol. The molecule has 0 spiro atoms. The fraction of sp³-hybridized carbons (Fsp3) is 0.600. The standard InChI is InChI=1S/C15H24ClNO/c1-3-17-12-14(8-6-10-18-4-2)13-7-5-9-15(16)11-13/h5,7,9,11,14,17H,3-4,6,8,10,12H2,1-2H3. The molecule has 18 heavy (non-hydrogen) atoms. The molecule has 0 radical (unpaired) electrons. The van der Waals surface area contributed by atoms with Crippen LogP contribution in [-0.2, 0) is 4.74 Å². The first-order valence-electron chi connectivity index (χ1n) is 6.81. The molecule has 0 heterocycles. The minimum absolute atomic E-state index is 0.518. The summed E-state index contributed by atoms with van der Waals surface area (Å²) in [6.45, 7) is 7.82. The minimum Gasteiger partial charge on any atom is -0.382 e. The van der Waals surface area contributed by atoms with E-state index in [9.17, 15) is 0 Å². The smallest absolute Gasteiger partial charge is 0.0466 e. The molecule has 0 amide bonds. The third kappa shape index (κ3) is 5.85. The average Bonchev–Trinajstić information content (AvgIpc) is 2.38. The van der Waals surface area contributed by atoms with Crippen LogP contribution in [0.2, 0.25) is 5.02 Å². The zero-order chi connectivity index (χ0) is 13.2. The number of likely N-dealkylation sites (N-methyl/N-ethyl adjacent to an activating group) is 1. The Morgan fingerprint density at radius 2 is 2.17 bits per heavy atom. The molecule has 102 valence electrons. The fourth-order valence-electron chi connectivity index (χ4n) is 2.04. The van der Waals surface area contributed by atoms with Crippen LogP contribution in [0.1, 0.15) is 38.2 Å². The Balaban J connectivity index is 2.54. The highest BCUT2D eigenvalue weighted by atomic mass is 35.5. The Morgan fingerprint density at radius 3 is 2.83 bits per heavy atom. The van der Waals surface area contributed by atoms with E-state index < -0.39 is 0 Å². The highest BCUT2D eigenvalue weighted by molar-refractivity contribution is 6.30. The van der Waals surface area contributed by atoms with E-state index in [1.54, 1.807) is 0 Å². The molecular weight excluding hydrogens is 246 g/mol. The third-order valence-electron chi connectivity index (χ3n) is 3.01. The number of nitrogens with one attached hydrogen (secondary N) is 1. The number of hydrogen-bond acceptors (Lipinski definition) is 2. The van der Waals surface area contributed by atoms with Gasteiger partial charge in [0.15, 0.2) is 0 Å². The molecule has 1 unspecified atom stereocenters. The molecule has 1 N–H and O–H groups in total. The van der Waals surface area contributed by atoms with Gasteiger partial charge in [0, 0.05) is 24.8 Å². The van der Waals surface area contributed by atoms with Crippen molar-refractivity contribution < 1.29 is 4.74 Å². The molecule has 1 rings (SSSR count). The third-order valence-corrected chi connectivity index (χ3v) is 3.24. The van der Waals surface area contributed by atoms with Crippen LogP contribution in [0.4, 0.5) is 0 Å². The maximum Gasteiger partial charge on any atom is 0.0466 e. The van der Waals surface area contributed by atoms with Crippen LogP contribution in [-0.4, -0.2) is 26.3 Å². The van der Waals surface area contributed by atoms with Gasteiger partial charge in [-0.05, 0) is 49.9 Å². The van der Waals surface area contributed by atoms with Crippen molar-refractivity contribution in [2.75, 3.05) is 26.3 Å². The molecule has 1 aromatic rings. The molecule has 0 aliphatic heterocycles. The van der Waals surface area contributed by atoms with Gasteiger partial charge in [-0.25, -0.2) is 0 Å². The van der Waals surface area contributed by atoms with Gasteiger partial charge in [-0.2, -0.15) is 0 Å². The number of rotatable bonds is 9. The van der Waals surface area contributed by atoms with E-state index in [0.29, 0.717) is 5.92 Å². The Hall–Kier alpha value is -0.570.